The SMILES string of the molecule is C/C=C/CC[Si@H]1CC[C@H](C2CCC(c3ccc(F)cc3)CC2)CC1. The van der Waals surface area contributed by atoms with Gasteiger partial charge in [0.1, 0.15) is 5.82 Å². The van der Waals surface area contributed by atoms with Crippen molar-refractivity contribution in [3.63, 3.8) is 0 Å². The lowest BCUT2D eigenvalue weighted by Crippen LogP contribution is -2.28. The quantitative estimate of drug-likeness (QED) is 0.411. The molecule has 1 saturated carbocycles. The van der Waals surface area contributed by atoms with Crippen LogP contribution in [0.15, 0.2) is 36.4 Å². The molecule has 1 saturated heterocycles. The number of allylic oxidation sites excluding steroid dienone is 2. The molecule has 0 aromatic heterocycles. The first-order valence-corrected chi connectivity index (χ1v) is 12.6. The molecule has 3 rings (SSSR count). The third kappa shape index (κ3) is 4.81. The van der Waals surface area contributed by atoms with E-state index in [9.17, 15) is 4.39 Å². The summed E-state index contributed by atoms with van der Waals surface area (Å²) in [6, 6.07) is 12.0. The largest absolute Gasteiger partial charge is 0.207 e. The van der Waals surface area contributed by atoms with Gasteiger partial charge < -0.3 is 0 Å². The van der Waals surface area contributed by atoms with Gasteiger partial charge in [0.2, 0.25) is 0 Å². The third-order valence-corrected chi connectivity index (χ3v) is 10.1. The molecule has 0 nitrogen and oxygen atoms in total. The van der Waals surface area contributed by atoms with Crippen molar-refractivity contribution >= 4 is 8.80 Å². The molecule has 0 N–H and O–H groups in total. The van der Waals surface area contributed by atoms with Crippen LogP contribution in [-0.2, 0) is 0 Å². The maximum Gasteiger partial charge on any atom is 0.123 e. The second-order valence-corrected chi connectivity index (χ2v) is 11.6. The first kappa shape index (κ1) is 17.9. The van der Waals surface area contributed by atoms with Crippen LogP contribution in [-0.4, -0.2) is 8.80 Å². The summed E-state index contributed by atoms with van der Waals surface area (Å²) in [6.45, 7) is 2.14. The Morgan fingerprint density at radius 3 is 2.21 bits per heavy atom. The second-order valence-electron chi connectivity index (χ2n) is 8.09. The standard InChI is InChI=1S/C22H33FSi/c1-2-3-4-15-24-16-13-21(14-17-24)19-7-5-18(6-8-19)20-9-11-22(23)12-10-20/h2-3,9-12,18-19,21,24H,4-8,13-17H2,1H3/b3-2+/t18?,19?,21-,24-. The van der Waals surface area contributed by atoms with Crippen LogP contribution >= 0.6 is 0 Å². The van der Waals surface area contributed by atoms with Crippen molar-refractivity contribution < 1.29 is 4.39 Å². The summed E-state index contributed by atoms with van der Waals surface area (Å²) in [4.78, 5) is 0. The Hall–Kier alpha value is -0.893. The highest BCUT2D eigenvalue weighted by Crippen LogP contribution is 2.43. The van der Waals surface area contributed by atoms with Gasteiger partial charge in [-0.2, -0.15) is 0 Å². The van der Waals surface area contributed by atoms with E-state index >= 15 is 0 Å². The van der Waals surface area contributed by atoms with Crippen molar-refractivity contribution in [2.75, 3.05) is 0 Å². The summed E-state index contributed by atoms with van der Waals surface area (Å²) < 4.78 is 13.1. The highest BCUT2D eigenvalue weighted by atomic mass is 28.3. The van der Waals surface area contributed by atoms with Crippen molar-refractivity contribution in [3.05, 3.63) is 47.8 Å². The average molecular weight is 345 g/mol. The third-order valence-electron chi connectivity index (χ3n) is 6.65. The number of hydrogen-bond acceptors (Lipinski definition) is 0. The van der Waals surface area contributed by atoms with Gasteiger partial charge in [0.15, 0.2) is 0 Å². The van der Waals surface area contributed by atoms with Crippen LogP contribution in [0.2, 0.25) is 18.1 Å². The average Bonchev–Trinajstić information content (AvgIpc) is 2.63. The molecule has 0 amide bonds. The molecule has 1 heterocycles. The van der Waals surface area contributed by atoms with E-state index in [4.69, 9.17) is 0 Å². The summed E-state index contributed by atoms with van der Waals surface area (Å²) in [5.74, 6) is 2.56. The predicted molar refractivity (Wildman–Crippen MR) is 105 cm³/mol. The highest BCUT2D eigenvalue weighted by Gasteiger charge is 2.31. The summed E-state index contributed by atoms with van der Waals surface area (Å²) in [5, 5.41) is 0. The Balaban J connectivity index is 1.42. The number of halogens is 1. The Bertz CT molecular complexity index is 505. The van der Waals surface area contributed by atoms with Gasteiger partial charge in [-0.25, -0.2) is 4.39 Å². The molecule has 1 aliphatic heterocycles. The smallest absolute Gasteiger partial charge is 0.123 e. The van der Waals surface area contributed by atoms with E-state index in [0.29, 0.717) is 5.92 Å². The molecule has 2 heteroatoms. The zero-order valence-electron chi connectivity index (χ0n) is 15.2. The first-order valence-electron chi connectivity index (χ1n) is 10.1. The van der Waals surface area contributed by atoms with E-state index in [1.807, 2.05) is 12.1 Å². The lowest BCUT2D eigenvalue weighted by molar-refractivity contribution is 0.216. The van der Waals surface area contributed by atoms with E-state index < -0.39 is 8.80 Å². The predicted octanol–water partition coefficient (Wildman–Crippen LogP) is 6.70. The fourth-order valence-electron chi connectivity index (χ4n) is 5.11. The van der Waals surface area contributed by atoms with Crippen molar-refractivity contribution in [2.45, 2.75) is 75.9 Å². The molecule has 0 atom stereocenters. The maximum atomic E-state index is 13.1. The molecule has 0 unspecified atom stereocenters. The molecular weight excluding hydrogens is 311 g/mol. The summed E-state index contributed by atoms with van der Waals surface area (Å²) in [7, 11) is -0.404. The van der Waals surface area contributed by atoms with Crippen LogP contribution in [0.4, 0.5) is 4.39 Å². The Morgan fingerprint density at radius 2 is 1.58 bits per heavy atom. The number of rotatable bonds is 5. The fourth-order valence-corrected chi connectivity index (χ4v) is 8.43. The minimum absolute atomic E-state index is 0.109. The lowest BCUT2D eigenvalue weighted by Gasteiger charge is -2.37. The topological polar surface area (TPSA) is 0 Å². The molecule has 2 fully saturated rings. The molecular formula is C22H33FSi. The molecule has 2 aliphatic rings. The van der Waals surface area contributed by atoms with Gasteiger partial charge in [-0.15, -0.1) is 0 Å². The Morgan fingerprint density at radius 1 is 0.958 bits per heavy atom. The van der Waals surface area contributed by atoms with Gasteiger partial charge in [-0.3, -0.25) is 0 Å². The summed E-state index contributed by atoms with van der Waals surface area (Å²) >= 11 is 0. The number of hydrogen-bond donors (Lipinski definition) is 0. The van der Waals surface area contributed by atoms with E-state index in [0.717, 1.165) is 11.8 Å². The summed E-state index contributed by atoms with van der Waals surface area (Å²) in [5.41, 5.74) is 1.36. The highest BCUT2D eigenvalue weighted by molar-refractivity contribution is 6.59. The molecule has 132 valence electrons. The monoisotopic (exact) mass is 344 g/mol. The van der Waals surface area contributed by atoms with Gasteiger partial charge in [0.05, 0.1) is 0 Å². The van der Waals surface area contributed by atoms with Crippen LogP contribution in [0.1, 0.15) is 63.4 Å². The molecule has 0 bridgehead atoms. The van der Waals surface area contributed by atoms with Crippen LogP contribution in [0, 0.1) is 17.7 Å². The van der Waals surface area contributed by atoms with E-state index in [2.05, 4.69) is 19.1 Å². The lowest BCUT2D eigenvalue weighted by atomic mass is 9.72. The molecule has 1 aliphatic carbocycles. The van der Waals surface area contributed by atoms with E-state index in [1.54, 1.807) is 24.2 Å². The van der Waals surface area contributed by atoms with Gasteiger partial charge in [-0.1, -0.05) is 55.3 Å². The van der Waals surface area contributed by atoms with Gasteiger partial charge in [0, 0.05) is 8.80 Å². The van der Waals surface area contributed by atoms with Crippen LogP contribution in [0.5, 0.6) is 0 Å². The minimum Gasteiger partial charge on any atom is -0.207 e. The molecule has 0 spiro atoms. The minimum atomic E-state index is -0.404. The summed E-state index contributed by atoms with van der Waals surface area (Å²) in [6.07, 6.45) is 14.4. The van der Waals surface area contributed by atoms with Crippen molar-refractivity contribution in [3.8, 4) is 0 Å². The zero-order chi connectivity index (χ0) is 16.8. The van der Waals surface area contributed by atoms with Crippen LogP contribution in [0.25, 0.3) is 0 Å². The van der Waals surface area contributed by atoms with Gasteiger partial charge >= 0.3 is 0 Å². The molecule has 1 aromatic rings. The Kier molecular flexibility index (Phi) is 6.71. The molecule has 0 radical (unpaired) electrons. The van der Waals surface area contributed by atoms with Crippen LogP contribution < -0.4 is 0 Å². The van der Waals surface area contributed by atoms with E-state index in [-0.39, 0.29) is 5.82 Å². The normalized spacial score (nSPS) is 31.4. The maximum absolute atomic E-state index is 13.1. The Labute approximate surface area is 149 Å². The van der Waals surface area contributed by atoms with Crippen molar-refractivity contribution in [2.24, 2.45) is 11.8 Å². The molecule has 24 heavy (non-hydrogen) atoms. The van der Waals surface area contributed by atoms with Crippen LogP contribution in [0.3, 0.4) is 0 Å². The van der Waals surface area contributed by atoms with Crippen molar-refractivity contribution in [1.29, 1.82) is 0 Å². The molecule has 1 aromatic carbocycles. The van der Waals surface area contributed by atoms with Crippen molar-refractivity contribution in [1.82, 2.24) is 0 Å². The number of benzene rings is 1. The second kappa shape index (κ2) is 8.99. The van der Waals surface area contributed by atoms with Gasteiger partial charge in [0.25, 0.3) is 0 Å². The fraction of sp³-hybridized carbons (Fsp3) is 0.636. The first-order chi connectivity index (χ1) is 11.8. The van der Waals surface area contributed by atoms with Gasteiger partial charge in [-0.05, 0) is 74.5 Å². The van der Waals surface area contributed by atoms with E-state index in [1.165, 1.54) is 56.6 Å². The zero-order valence-corrected chi connectivity index (χ0v) is 16.4.